The van der Waals surface area contributed by atoms with Crippen molar-refractivity contribution in [2.75, 3.05) is 13.1 Å². The van der Waals surface area contributed by atoms with E-state index in [1.165, 1.54) is 4.90 Å². The van der Waals surface area contributed by atoms with Gasteiger partial charge in [-0.2, -0.15) is 0 Å². The zero-order valence-corrected chi connectivity index (χ0v) is 10.0. The first-order valence-electron chi connectivity index (χ1n) is 5.72. The molecule has 1 aliphatic carbocycles. The fraction of sp³-hybridized carbons (Fsp3) is 0.909. The van der Waals surface area contributed by atoms with Crippen LogP contribution < -0.4 is 0 Å². The third kappa shape index (κ3) is 2.04. The number of nitrogens with zero attached hydrogens (tertiary/aromatic N) is 1. The van der Waals surface area contributed by atoms with Gasteiger partial charge in [-0.05, 0) is 25.7 Å². The molecular weight excluding hydrogens is 236 g/mol. The Bertz CT molecular complexity index is 296. The lowest BCUT2D eigenvalue weighted by Crippen LogP contribution is -2.38. The average molecular weight is 252 g/mol. The quantitative estimate of drug-likeness (QED) is 0.656. The standard InChI is InChI=1S/C11H16ClF2NO/c1-7(12)10(16)15-5-8-3-2-4-11(13,14)9(8)6-15/h7-9H,2-6H2,1H3/t7-,8-,9+/m0/s1. The first-order chi connectivity index (χ1) is 7.42. The van der Waals surface area contributed by atoms with Gasteiger partial charge < -0.3 is 4.90 Å². The molecule has 5 heteroatoms. The van der Waals surface area contributed by atoms with E-state index >= 15 is 0 Å². The third-order valence-electron chi connectivity index (χ3n) is 3.72. The van der Waals surface area contributed by atoms with E-state index in [2.05, 4.69) is 0 Å². The number of alkyl halides is 3. The van der Waals surface area contributed by atoms with E-state index in [9.17, 15) is 13.6 Å². The maximum atomic E-state index is 13.6. The molecule has 0 unspecified atom stereocenters. The predicted molar refractivity (Wildman–Crippen MR) is 57.7 cm³/mol. The highest BCUT2D eigenvalue weighted by molar-refractivity contribution is 6.30. The van der Waals surface area contributed by atoms with Crippen LogP contribution in [-0.2, 0) is 4.79 Å². The van der Waals surface area contributed by atoms with Gasteiger partial charge in [0.2, 0.25) is 5.91 Å². The van der Waals surface area contributed by atoms with Gasteiger partial charge in [0.1, 0.15) is 5.38 Å². The van der Waals surface area contributed by atoms with Crippen LogP contribution >= 0.6 is 11.6 Å². The SMILES string of the molecule is C[C@H](Cl)C(=O)N1C[C@@H]2CCCC(F)(F)[C@@H]2C1. The van der Waals surface area contributed by atoms with E-state index in [1.54, 1.807) is 6.92 Å². The largest absolute Gasteiger partial charge is 0.341 e. The predicted octanol–water partition coefficient (Wildman–Crippen LogP) is 2.51. The number of amides is 1. The van der Waals surface area contributed by atoms with Gasteiger partial charge in [0.15, 0.2) is 0 Å². The van der Waals surface area contributed by atoms with Crippen LogP contribution in [-0.4, -0.2) is 35.2 Å². The smallest absolute Gasteiger partial charge is 0.252 e. The lowest BCUT2D eigenvalue weighted by molar-refractivity contribution is -0.130. The second kappa shape index (κ2) is 4.13. The molecule has 1 saturated heterocycles. The molecule has 1 saturated carbocycles. The number of halogens is 3. The van der Waals surface area contributed by atoms with E-state index in [4.69, 9.17) is 11.6 Å². The van der Waals surface area contributed by atoms with Crippen LogP contribution in [0.4, 0.5) is 8.78 Å². The highest BCUT2D eigenvalue weighted by atomic mass is 35.5. The number of hydrogen-bond donors (Lipinski definition) is 0. The first kappa shape index (κ1) is 12.1. The molecule has 2 aliphatic rings. The van der Waals surface area contributed by atoms with Crippen LogP contribution in [0.2, 0.25) is 0 Å². The van der Waals surface area contributed by atoms with Crippen LogP contribution in [0.5, 0.6) is 0 Å². The first-order valence-corrected chi connectivity index (χ1v) is 6.16. The van der Waals surface area contributed by atoms with Gasteiger partial charge in [0.25, 0.3) is 5.92 Å². The fourth-order valence-electron chi connectivity index (χ4n) is 2.86. The van der Waals surface area contributed by atoms with Crippen molar-refractivity contribution in [3.05, 3.63) is 0 Å². The summed E-state index contributed by atoms with van der Waals surface area (Å²) in [7, 11) is 0. The summed E-state index contributed by atoms with van der Waals surface area (Å²) in [6.07, 6.45) is 1.33. The molecular formula is C11H16ClF2NO. The third-order valence-corrected chi connectivity index (χ3v) is 3.91. The topological polar surface area (TPSA) is 20.3 Å². The maximum absolute atomic E-state index is 13.6. The summed E-state index contributed by atoms with van der Waals surface area (Å²) in [5, 5.41) is -0.617. The van der Waals surface area contributed by atoms with Crippen molar-refractivity contribution in [3.63, 3.8) is 0 Å². The van der Waals surface area contributed by atoms with Crippen molar-refractivity contribution in [2.24, 2.45) is 11.8 Å². The molecule has 3 atom stereocenters. The van der Waals surface area contributed by atoms with E-state index in [0.29, 0.717) is 13.0 Å². The molecule has 0 bridgehead atoms. The van der Waals surface area contributed by atoms with Crippen molar-refractivity contribution in [3.8, 4) is 0 Å². The van der Waals surface area contributed by atoms with Crippen molar-refractivity contribution in [1.29, 1.82) is 0 Å². The normalized spacial score (nSPS) is 34.6. The molecule has 0 N–H and O–H groups in total. The van der Waals surface area contributed by atoms with Crippen LogP contribution in [0.3, 0.4) is 0 Å². The molecule has 1 aliphatic heterocycles. The number of carbonyl (C=O) groups is 1. The number of likely N-dealkylation sites (tertiary alicyclic amines) is 1. The minimum atomic E-state index is -2.60. The van der Waals surface area contributed by atoms with Crippen LogP contribution in [0, 0.1) is 11.8 Å². The summed E-state index contributed by atoms with van der Waals surface area (Å²) in [5.41, 5.74) is 0. The minimum Gasteiger partial charge on any atom is -0.341 e. The van der Waals surface area contributed by atoms with Gasteiger partial charge >= 0.3 is 0 Å². The molecule has 0 aromatic carbocycles. The number of rotatable bonds is 1. The second-order valence-electron chi connectivity index (χ2n) is 4.88. The molecule has 2 nitrogen and oxygen atoms in total. The van der Waals surface area contributed by atoms with Crippen molar-refractivity contribution in [1.82, 2.24) is 4.90 Å². The van der Waals surface area contributed by atoms with E-state index < -0.39 is 17.2 Å². The Kier molecular flexibility index (Phi) is 3.12. The number of carbonyl (C=O) groups excluding carboxylic acids is 1. The van der Waals surface area contributed by atoms with Gasteiger partial charge in [-0.3, -0.25) is 4.79 Å². The van der Waals surface area contributed by atoms with Crippen LogP contribution in [0.1, 0.15) is 26.2 Å². The molecule has 1 amide bonds. The average Bonchev–Trinajstić information content (AvgIpc) is 2.61. The second-order valence-corrected chi connectivity index (χ2v) is 5.53. The van der Waals surface area contributed by atoms with Crippen LogP contribution in [0.25, 0.3) is 0 Å². The van der Waals surface area contributed by atoms with Gasteiger partial charge in [-0.25, -0.2) is 8.78 Å². The summed E-state index contributed by atoms with van der Waals surface area (Å²) in [5.74, 6) is -3.51. The van der Waals surface area contributed by atoms with Gasteiger partial charge in [-0.1, -0.05) is 0 Å². The molecule has 0 spiro atoms. The molecule has 0 aromatic rings. The Morgan fingerprint density at radius 3 is 2.75 bits per heavy atom. The number of fused-ring (bicyclic) bond motifs is 1. The molecule has 2 rings (SSSR count). The summed E-state index contributed by atoms with van der Waals surface area (Å²) >= 11 is 5.70. The van der Waals surface area contributed by atoms with Crippen molar-refractivity contribution in [2.45, 2.75) is 37.5 Å². The molecule has 0 aromatic heterocycles. The Morgan fingerprint density at radius 1 is 1.50 bits per heavy atom. The zero-order valence-electron chi connectivity index (χ0n) is 9.26. The lowest BCUT2D eigenvalue weighted by Gasteiger charge is -2.32. The monoisotopic (exact) mass is 251 g/mol. The van der Waals surface area contributed by atoms with Gasteiger partial charge in [-0.15, -0.1) is 11.6 Å². The van der Waals surface area contributed by atoms with Crippen molar-refractivity contribution < 1.29 is 13.6 Å². The molecule has 0 radical (unpaired) electrons. The number of hydrogen-bond acceptors (Lipinski definition) is 1. The van der Waals surface area contributed by atoms with E-state index in [1.807, 2.05) is 0 Å². The molecule has 16 heavy (non-hydrogen) atoms. The highest BCUT2D eigenvalue weighted by Crippen LogP contribution is 2.45. The van der Waals surface area contributed by atoms with Gasteiger partial charge in [0.05, 0.1) is 0 Å². The van der Waals surface area contributed by atoms with Crippen LogP contribution in [0.15, 0.2) is 0 Å². The summed E-state index contributed by atoms with van der Waals surface area (Å²) < 4.78 is 27.3. The Hall–Kier alpha value is -0.380. The summed E-state index contributed by atoms with van der Waals surface area (Å²) in [4.78, 5) is 13.2. The molecule has 92 valence electrons. The molecule has 2 fully saturated rings. The lowest BCUT2D eigenvalue weighted by atomic mass is 9.79. The summed E-state index contributed by atoms with van der Waals surface area (Å²) in [6.45, 7) is 2.22. The fourth-order valence-corrected chi connectivity index (χ4v) is 3.00. The Balaban J connectivity index is 2.08. The van der Waals surface area contributed by atoms with Crippen molar-refractivity contribution >= 4 is 17.5 Å². The Morgan fingerprint density at radius 2 is 2.19 bits per heavy atom. The summed E-state index contributed by atoms with van der Waals surface area (Å²) in [6, 6.07) is 0. The minimum absolute atomic E-state index is 0.0351. The maximum Gasteiger partial charge on any atom is 0.252 e. The van der Waals surface area contributed by atoms with E-state index in [0.717, 1.165) is 6.42 Å². The Labute approximate surface area is 98.9 Å². The van der Waals surface area contributed by atoms with Gasteiger partial charge in [0, 0.05) is 25.4 Å². The molecule has 1 heterocycles. The highest BCUT2D eigenvalue weighted by Gasteiger charge is 2.51. The van der Waals surface area contributed by atoms with E-state index in [-0.39, 0.29) is 24.8 Å². The zero-order chi connectivity index (χ0) is 11.9.